The molecule has 0 fully saturated rings. The summed E-state index contributed by atoms with van der Waals surface area (Å²) in [5.41, 5.74) is 2.37. The van der Waals surface area contributed by atoms with Gasteiger partial charge < -0.3 is 10.2 Å². The molecule has 0 saturated heterocycles. The van der Waals surface area contributed by atoms with E-state index in [9.17, 15) is 9.59 Å². The zero-order valence-corrected chi connectivity index (χ0v) is 12.3. The Bertz CT molecular complexity index is 698. The summed E-state index contributed by atoms with van der Waals surface area (Å²) in [5.74, 6) is -0.377. The second-order valence-corrected chi connectivity index (χ2v) is 5.52. The minimum Gasteiger partial charge on any atom is -0.324 e. The number of aromatic nitrogens is 2. The van der Waals surface area contributed by atoms with Crippen LogP contribution in [0.4, 0.5) is 5.69 Å². The average molecular weight is 302 g/mol. The highest BCUT2D eigenvalue weighted by atomic mass is 32.1. The van der Waals surface area contributed by atoms with Crippen molar-refractivity contribution < 1.29 is 9.59 Å². The van der Waals surface area contributed by atoms with E-state index in [2.05, 4.69) is 14.9 Å². The van der Waals surface area contributed by atoms with Crippen molar-refractivity contribution in [2.45, 2.75) is 19.9 Å². The largest absolute Gasteiger partial charge is 0.324 e. The van der Waals surface area contributed by atoms with Crippen LogP contribution < -0.4 is 5.32 Å². The molecule has 21 heavy (non-hydrogen) atoms. The number of carbonyl (C=O) groups is 2. The lowest BCUT2D eigenvalue weighted by Gasteiger charge is -2.18. The second-order valence-electron chi connectivity index (χ2n) is 4.77. The molecule has 108 valence electrons. The van der Waals surface area contributed by atoms with E-state index in [-0.39, 0.29) is 18.4 Å². The first-order valence-corrected chi connectivity index (χ1v) is 7.44. The Morgan fingerprint density at radius 3 is 3.00 bits per heavy atom. The number of rotatable bonds is 2. The number of nitrogens with zero attached hydrogens (tertiary/aromatic N) is 3. The van der Waals surface area contributed by atoms with Gasteiger partial charge in [0.2, 0.25) is 5.91 Å². The van der Waals surface area contributed by atoms with Crippen molar-refractivity contribution in [3.8, 4) is 0 Å². The smallest absolute Gasteiger partial charge is 0.268 e. The Hall–Kier alpha value is -2.28. The number of hydrogen-bond acceptors (Lipinski definition) is 5. The van der Waals surface area contributed by atoms with Gasteiger partial charge in [-0.25, -0.2) is 0 Å². The first-order chi connectivity index (χ1) is 10.2. The molecule has 2 heterocycles. The Balaban J connectivity index is 1.92. The maximum atomic E-state index is 12.6. The van der Waals surface area contributed by atoms with Crippen LogP contribution >= 0.6 is 11.5 Å². The molecule has 1 N–H and O–H groups in total. The SMILES string of the molecule is CCc1nnsc1C(=O)N1CC(=O)Nc2ccccc2C1. The number of benzene rings is 1. The van der Waals surface area contributed by atoms with Crippen LogP contribution in [0.5, 0.6) is 0 Å². The van der Waals surface area contributed by atoms with E-state index in [4.69, 9.17) is 0 Å². The van der Waals surface area contributed by atoms with Gasteiger partial charge in [-0.1, -0.05) is 29.6 Å². The van der Waals surface area contributed by atoms with Crippen LogP contribution in [0.15, 0.2) is 24.3 Å². The standard InChI is InChI=1S/C14H14N4O2S/c1-2-10-13(21-17-16-10)14(20)18-7-9-5-3-4-6-11(9)15-12(19)8-18/h3-6H,2,7-8H2,1H3,(H,15,19). The third kappa shape index (κ3) is 2.64. The molecule has 0 spiro atoms. The van der Waals surface area contributed by atoms with Crippen LogP contribution in [-0.2, 0) is 17.8 Å². The normalized spacial score (nSPS) is 14.3. The van der Waals surface area contributed by atoms with E-state index in [0.29, 0.717) is 23.5 Å². The van der Waals surface area contributed by atoms with Gasteiger partial charge in [0.05, 0.1) is 5.69 Å². The molecule has 0 saturated carbocycles. The third-order valence-electron chi connectivity index (χ3n) is 3.36. The Labute approximate surface area is 125 Å². The Kier molecular flexibility index (Phi) is 3.66. The Morgan fingerprint density at radius 2 is 2.19 bits per heavy atom. The summed E-state index contributed by atoms with van der Waals surface area (Å²) in [6, 6.07) is 7.50. The van der Waals surface area contributed by atoms with Gasteiger partial charge in [0.1, 0.15) is 11.4 Å². The number of fused-ring (bicyclic) bond motifs is 1. The molecule has 0 bridgehead atoms. The molecule has 2 aromatic rings. The predicted molar refractivity (Wildman–Crippen MR) is 79.1 cm³/mol. The van der Waals surface area contributed by atoms with Gasteiger partial charge >= 0.3 is 0 Å². The van der Waals surface area contributed by atoms with Crippen LogP contribution in [0.1, 0.15) is 27.9 Å². The molecule has 1 aromatic carbocycles. The van der Waals surface area contributed by atoms with Gasteiger partial charge in [0.15, 0.2) is 0 Å². The van der Waals surface area contributed by atoms with Crippen LogP contribution in [0, 0.1) is 0 Å². The molecule has 3 rings (SSSR count). The van der Waals surface area contributed by atoms with Crippen molar-refractivity contribution in [3.05, 3.63) is 40.4 Å². The highest BCUT2D eigenvalue weighted by molar-refractivity contribution is 7.08. The second kappa shape index (κ2) is 5.61. The van der Waals surface area contributed by atoms with E-state index in [0.717, 1.165) is 22.8 Å². The first-order valence-electron chi connectivity index (χ1n) is 6.67. The number of anilines is 1. The topological polar surface area (TPSA) is 75.2 Å². The molecule has 0 unspecified atom stereocenters. The summed E-state index contributed by atoms with van der Waals surface area (Å²) >= 11 is 1.08. The number of hydrogen-bond donors (Lipinski definition) is 1. The number of carbonyl (C=O) groups excluding carboxylic acids is 2. The lowest BCUT2D eigenvalue weighted by atomic mass is 10.1. The fraction of sp³-hybridized carbons (Fsp3) is 0.286. The summed E-state index contributed by atoms with van der Waals surface area (Å²) in [6.07, 6.45) is 0.647. The van der Waals surface area contributed by atoms with Gasteiger partial charge in [-0.05, 0) is 29.6 Å². The van der Waals surface area contributed by atoms with Crippen molar-refractivity contribution in [1.29, 1.82) is 0 Å². The van der Waals surface area contributed by atoms with E-state index in [1.165, 1.54) is 4.90 Å². The summed E-state index contributed by atoms with van der Waals surface area (Å²) in [7, 11) is 0. The predicted octanol–water partition coefficient (Wildman–Crippen LogP) is 1.70. The molecule has 0 aliphatic carbocycles. The van der Waals surface area contributed by atoms with Gasteiger partial charge in [0, 0.05) is 12.2 Å². The lowest BCUT2D eigenvalue weighted by molar-refractivity contribution is -0.116. The fourth-order valence-electron chi connectivity index (χ4n) is 2.29. The molecule has 0 radical (unpaired) electrons. The van der Waals surface area contributed by atoms with Gasteiger partial charge in [0.25, 0.3) is 5.91 Å². The quantitative estimate of drug-likeness (QED) is 0.916. The zero-order valence-electron chi connectivity index (χ0n) is 11.5. The van der Waals surface area contributed by atoms with Crippen LogP contribution in [-0.4, -0.2) is 32.8 Å². The molecular weight excluding hydrogens is 288 g/mol. The number of para-hydroxylation sites is 1. The average Bonchev–Trinajstić information content (AvgIpc) is 2.89. The van der Waals surface area contributed by atoms with Crippen LogP contribution in [0.2, 0.25) is 0 Å². The van der Waals surface area contributed by atoms with Crippen molar-refractivity contribution in [1.82, 2.24) is 14.5 Å². The summed E-state index contributed by atoms with van der Waals surface area (Å²) in [4.78, 5) is 26.6. The van der Waals surface area contributed by atoms with Crippen molar-refractivity contribution in [2.24, 2.45) is 0 Å². The number of aryl methyl sites for hydroxylation is 1. The minimum atomic E-state index is -0.191. The molecule has 7 heteroatoms. The van der Waals surface area contributed by atoms with E-state index >= 15 is 0 Å². The summed E-state index contributed by atoms with van der Waals surface area (Å²) < 4.78 is 3.84. The van der Waals surface area contributed by atoms with Crippen LogP contribution in [0.3, 0.4) is 0 Å². The van der Waals surface area contributed by atoms with E-state index in [1.807, 2.05) is 31.2 Å². The molecule has 6 nitrogen and oxygen atoms in total. The molecule has 1 aliphatic heterocycles. The molecule has 1 aliphatic rings. The van der Waals surface area contributed by atoms with E-state index in [1.54, 1.807) is 0 Å². The van der Waals surface area contributed by atoms with Crippen molar-refractivity contribution in [3.63, 3.8) is 0 Å². The minimum absolute atomic E-state index is 0.0363. The number of nitrogens with one attached hydrogen (secondary N) is 1. The fourth-order valence-corrected chi connectivity index (χ4v) is 3.01. The molecule has 2 amide bonds. The van der Waals surface area contributed by atoms with Crippen molar-refractivity contribution in [2.75, 3.05) is 11.9 Å². The van der Waals surface area contributed by atoms with Gasteiger partial charge in [-0.3, -0.25) is 9.59 Å². The van der Waals surface area contributed by atoms with Crippen molar-refractivity contribution >= 4 is 29.0 Å². The highest BCUT2D eigenvalue weighted by Gasteiger charge is 2.26. The maximum Gasteiger partial charge on any atom is 0.268 e. The summed E-state index contributed by atoms with van der Waals surface area (Å²) in [6.45, 7) is 2.36. The number of amides is 2. The third-order valence-corrected chi connectivity index (χ3v) is 4.12. The van der Waals surface area contributed by atoms with Gasteiger partial charge in [-0.15, -0.1) is 5.10 Å². The molecule has 1 aromatic heterocycles. The summed E-state index contributed by atoms with van der Waals surface area (Å²) in [5, 5.41) is 6.78. The maximum absolute atomic E-state index is 12.6. The van der Waals surface area contributed by atoms with Crippen LogP contribution in [0.25, 0.3) is 0 Å². The zero-order chi connectivity index (χ0) is 14.8. The molecule has 0 atom stereocenters. The monoisotopic (exact) mass is 302 g/mol. The Morgan fingerprint density at radius 1 is 1.38 bits per heavy atom. The van der Waals surface area contributed by atoms with Gasteiger partial charge in [-0.2, -0.15) is 0 Å². The highest BCUT2D eigenvalue weighted by Crippen LogP contribution is 2.23. The lowest BCUT2D eigenvalue weighted by Crippen LogP contribution is -2.35. The molecular formula is C14H14N4O2S. The first kappa shape index (κ1) is 13.7. The van der Waals surface area contributed by atoms with E-state index < -0.39 is 0 Å².